The molecular weight excluding hydrogens is 459 g/mol. The molecule has 3 aromatic carbocycles. The van der Waals surface area contributed by atoms with Crippen molar-refractivity contribution in [1.82, 2.24) is 0 Å². The Balaban J connectivity index is 1.59. The fourth-order valence-electron chi connectivity index (χ4n) is 3.76. The van der Waals surface area contributed by atoms with Crippen LogP contribution in [0.15, 0.2) is 66.1 Å². The topological polar surface area (TPSA) is 94.6 Å². The monoisotopic (exact) mass is 478 g/mol. The van der Waals surface area contributed by atoms with E-state index in [0.717, 1.165) is 11.1 Å². The van der Waals surface area contributed by atoms with Gasteiger partial charge in [-0.05, 0) is 49.2 Å². The number of fused-ring (bicyclic) bond motifs is 1. The average Bonchev–Trinajstić information content (AvgIpc) is 2.79. The number of nitrogens with two attached hydrogens (primary N) is 1. The van der Waals surface area contributed by atoms with E-state index in [1.54, 1.807) is 12.1 Å². The van der Waals surface area contributed by atoms with Gasteiger partial charge in [0.05, 0.1) is 5.92 Å². The fraction of sp³-hybridized carbons (Fsp3) is 0.154. The molecule has 0 bridgehead atoms. The molecule has 0 aromatic heterocycles. The van der Waals surface area contributed by atoms with Crippen molar-refractivity contribution < 1.29 is 23.4 Å². The highest BCUT2D eigenvalue weighted by atomic mass is 35.5. The molecule has 0 fully saturated rings. The Morgan fingerprint density at radius 2 is 1.97 bits per heavy atom. The Morgan fingerprint density at radius 1 is 1.21 bits per heavy atom. The minimum atomic E-state index is -0.875. The molecule has 0 aliphatic carbocycles. The first-order valence-corrected chi connectivity index (χ1v) is 10.7. The van der Waals surface area contributed by atoms with E-state index in [1.165, 1.54) is 30.3 Å². The van der Waals surface area contributed by atoms with Crippen molar-refractivity contribution in [1.29, 1.82) is 5.26 Å². The lowest BCUT2D eigenvalue weighted by atomic mass is 9.83. The Morgan fingerprint density at radius 3 is 2.71 bits per heavy atom. The summed E-state index contributed by atoms with van der Waals surface area (Å²) in [5.41, 5.74) is 8.55. The van der Waals surface area contributed by atoms with Gasteiger partial charge < -0.3 is 19.9 Å². The molecule has 4 rings (SSSR count). The zero-order valence-electron chi connectivity index (χ0n) is 18.4. The van der Waals surface area contributed by atoms with Gasteiger partial charge in [-0.15, -0.1) is 0 Å². The summed E-state index contributed by atoms with van der Waals surface area (Å²) >= 11 is 6.27. The van der Waals surface area contributed by atoms with Crippen LogP contribution >= 0.6 is 11.6 Å². The van der Waals surface area contributed by atoms with Crippen LogP contribution in [0.25, 0.3) is 0 Å². The molecule has 0 saturated heterocycles. The molecule has 2 N–H and O–H groups in total. The number of carbonyl (C=O) groups is 1. The van der Waals surface area contributed by atoms with Gasteiger partial charge in [-0.3, -0.25) is 0 Å². The van der Waals surface area contributed by atoms with Crippen LogP contribution in [-0.2, 0) is 4.79 Å². The second kappa shape index (κ2) is 9.46. The maximum absolute atomic E-state index is 14.7. The summed E-state index contributed by atoms with van der Waals surface area (Å²) in [6.07, 6.45) is 0. The molecule has 0 radical (unpaired) electrons. The lowest BCUT2D eigenvalue weighted by molar-refractivity contribution is -0.136. The highest BCUT2D eigenvalue weighted by Crippen LogP contribution is 2.46. The summed E-state index contributed by atoms with van der Waals surface area (Å²) in [5, 5.41) is 9.80. The molecule has 1 unspecified atom stereocenters. The summed E-state index contributed by atoms with van der Waals surface area (Å²) in [7, 11) is 0. The van der Waals surface area contributed by atoms with Crippen molar-refractivity contribution in [2.45, 2.75) is 19.8 Å². The van der Waals surface area contributed by atoms with E-state index in [4.69, 9.17) is 31.5 Å². The molecule has 6 nitrogen and oxygen atoms in total. The summed E-state index contributed by atoms with van der Waals surface area (Å²) in [6, 6.07) is 16.4. The minimum absolute atomic E-state index is 0.0335. The van der Waals surface area contributed by atoms with Crippen molar-refractivity contribution in [2.24, 2.45) is 5.73 Å². The Labute approximate surface area is 200 Å². The number of nitriles is 1. The maximum atomic E-state index is 14.7. The van der Waals surface area contributed by atoms with E-state index in [9.17, 15) is 14.4 Å². The largest absolute Gasteiger partial charge is 0.482 e. The molecular formula is C26H20ClFN2O4. The molecule has 1 aliphatic heterocycles. The number of allylic oxidation sites excluding steroid dienone is 1. The standard InChI is InChI=1S/C26H20ClFN2O4/c1-14-5-3-8-21(15(14)2)32-13-23(31)33-16-9-10-17-22(11-16)34-26(30)18(12-29)24(17)25-19(27)6-4-7-20(25)28/h3-11,24H,13,30H2,1-2H3. The predicted molar refractivity (Wildman–Crippen MR) is 124 cm³/mol. The van der Waals surface area contributed by atoms with Crippen LogP contribution in [0.1, 0.15) is 28.2 Å². The van der Waals surface area contributed by atoms with Crippen LogP contribution in [0.4, 0.5) is 4.39 Å². The number of esters is 1. The third kappa shape index (κ3) is 4.41. The summed E-state index contributed by atoms with van der Waals surface area (Å²) in [6.45, 7) is 3.56. The number of carbonyl (C=O) groups excluding carboxylic acids is 1. The van der Waals surface area contributed by atoms with Gasteiger partial charge in [-0.1, -0.05) is 35.9 Å². The minimum Gasteiger partial charge on any atom is -0.482 e. The molecule has 0 spiro atoms. The van der Waals surface area contributed by atoms with Gasteiger partial charge in [-0.2, -0.15) is 5.26 Å². The zero-order valence-corrected chi connectivity index (χ0v) is 19.2. The van der Waals surface area contributed by atoms with Crippen molar-refractivity contribution in [2.75, 3.05) is 6.61 Å². The molecule has 172 valence electrons. The van der Waals surface area contributed by atoms with Crippen molar-refractivity contribution >= 4 is 17.6 Å². The number of halogens is 2. The summed E-state index contributed by atoms with van der Waals surface area (Å²) in [4.78, 5) is 12.4. The van der Waals surface area contributed by atoms with Crippen LogP contribution in [0, 0.1) is 31.0 Å². The Bertz CT molecular complexity index is 1340. The maximum Gasteiger partial charge on any atom is 0.349 e. The number of rotatable bonds is 5. The third-order valence-corrected chi connectivity index (χ3v) is 5.94. The van der Waals surface area contributed by atoms with E-state index in [2.05, 4.69) is 0 Å². The number of aryl methyl sites for hydroxylation is 1. The average molecular weight is 479 g/mol. The predicted octanol–water partition coefficient (Wildman–Crippen LogP) is 5.30. The van der Waals surface area contributed by atoms with Crippen molar-refractivity contribution in [3.63, 3.8) is 0 Å². The van der Waals surface area contributed by atoms with Gasteiger partial charge >= 0.3 is 5.97 Å². The van der Waals surface area contributed by atoms with Crippen LogP contribution in [0.5, 0.6) is 17.2 Å². The van der Waals surface area contributed by atoms with Gasteiger partial charge in [0.15, 0.2) is 6.61 Å². The number of hydrogen-bond acceptors (Lipinski definition) is 6. The first-order valence-electron chi connectivity index (χ1n) is 10.3. The fourth-order valence-corrected chi connectivity index (χ4v) is 4.03. The number of benzene rings is 3. The van der Waals surface area contributed by atoms with Crippen LogP contribution in [-0.4, -0.2) is 12.6 Å². The van der Waals surface area contributed by atoms with E-state index >= 15 is 0 Å². The summed E-state index contributed by atoms with van der Waals surface area (Å²) < 4.78 is 31.3. The van der Waals surface area contributed by atoms with Gasteiger partial charge in [-0.25, -0.2) is 9.18 Å². The Kier molecular flexibility index (Phi) is 6.44. The van der Waals surface area contributed by atoms with Crippen LogP contribution in [0.3, 0.4) is 0 Å². The number of nitrogens with zero attached hydrogens (tertiary/aromatic N) is 1. The lowest BCUT2D eigenvalue weighted by Crippen LogP contribution is -2.22. The van der Waals surface area contributed by atoms with E-state index in [0.29, 0.717) is 11.3 Å². The Hall–Kier alpha value is -4.02. The third-order valence-electron chi connectivity index (χ3n) is 5.61. The second-order valence-electron chi connectivity index (χ2n) is 7.72. The number of ether oxygens (including phenoxy) is 3. The van der Waals surface area contributed by atoms with Gasteiger partial charge in [0, 0.05) is 22.2 Å². The normalized spacial score (nSPS) is 14.6. The molecule has 8 heteroatoms. The van der Waals surface area contributed by atoms with E-state index in [-0.39, 0.29) is 40.1 Å². The molecule has 0 amide bonds. The van der Waals surface area contributed by atoms with Gasteiger partial charge in [0.1, 0.15) is 34.7 Å². The first-order chi connectivity index (χ1) is 16.3. The lowest BCUT2D eigenvalue weighted by Gasteiger charge is -2.27. The van der Waals surface area contributed by atoms with Crippen molar-refractivity contribution in [3.05, 3.63) is 99.1 Å². The highest BCUT2D eigenvalue weighted by molar-refractivity contribution is 6.31. The highest BCUT2D eigenvalue weighted by Gasteiger charge is 2.34. The van der Waals surface area contributed by atoms with Crippen LogP contribution < -0.4 is 19.9 Å². The quantitative estimate of drug-likeness (QED) is 0.395. The molecule has 1 aliphatic rings. The van der Waals surface area contributed by atoms with Crippen molar-refractivity contribution in [3.8, 4) is 23.3 Å². The van der Waals surface area contributed by atoms with Crippen LogP contribution in [0.2, 0.25) is 5.02 Å². The van der Waals surface area contributed by atoms with Gasteiger partial charge in [0.25, 0.3) is 0 Å². The summed E-state index contributed by atoms with van der Waals surface area (Å²) in [5.74, 6) is -1.25. The molecule has 0 saturated carbocycles. The second-order valence-corrected chi connectivity index (χ2v) is 8.13. The van der Waals surface area contributed by atoms with E-state index < -0.39 is 17.7 Å². The molecule has 1 heterocycles. The SMILES string of the molecule is Cc1cccc(OCC(=O)Oc2ccc3c(c2)OC(N)=C(C#N)C3c2c(F)cccc2Cl)c1C. The molecule has 1 atom stereocenters. The molecule has 3 aromatic rings. The van der Waals surface area contributed by atoms with E-state index in [1.807, 2.05) is 32.0 Å². The smallest absolute Gasteiger partial charge is 0.349 e. The van der Waals surface area contributed by atoms with Gasteiger partial charge in [0.2, 0.25) is 5.88 Å². The zero-order chi connectivity index (χ0) is 24.4. The first kappa shape index (κ1) is 23.1. The molecule has 34 heavy (non-hydrogen) atoms. The number of hydrogen-bond donors (Lipinski definition) is 1.